The highest BCUT2D eigenvalue weighted by Gasteiger charge is 2.34. The van der Waals surface area contributed by atoms with Gasteiger partial charge < -0.3 is 5.32 Å². The van der Waals surface area contributed by atoms with Crippen molar-refractivity contribution in [2.45, 2.75) is 38.3 Å². The standard InChI is InChI=1S/C14H23N3O2S/c1-14(2)7-4-8-17(11-14)20(18,19)13-6-5-12(9-15-3)10-16-13/h5-6,10,15H,4,7-9,11H2,1-3H3. The molecule has 0 saturated carbocycles. The van der Waals surface area contributed by atoms with Crippen molar-refractivity contribution in [3.63, 3.8) is 0 Å². The maximum absolute atomic E-state index is 12.6. The van der Waals surface area contributed by atoms with Crippen molar-refractivity contribution in [2.75, 3.05) is 20.1 Å². The predicted molar refractivity (Wildman–Crippen MR) is 78.8 cm³/mol. The summed E-state index contributed by atoms with van der Waals surface area (Å²) in [5.41, 5.74) is 1.02. The molecule has 0 aromatic carbocycles. The summed E-state index contributed by atoms with van der Waals surface area (Å²) in [7, 11) is -1.62. The SMILES string of the molecule is CNCc1ccc(S(=O)(=O)N2CCCC(C)(C)C2)nc1. The van der Waals surface area contributed by atoms with Crippen LogP contribution in [0.5, 0.6) is 0 Å². The highest BCUT2D eigenvalue weighted by Crippen LogP contribution is 2.31. The van der Waals surface area contributed by atoms with Crippen molar-refractivity contribution in [1.29, 1.82) is 0 Å². The monoisotopic (exact) mass is 297 g/mol. The summed E-state index contributed by atoms with van der Waals surface area (Å²) in [4.78, 5) is 4.12. The van der Waals surface area contributed by atoms with Gasteiger partial charge in [-0.3, -0.25) is 0 Å². The fourth-order valence-corrected chi connectivity index (χ4v) is 4.16. The van der Waals surface area contributed by atoms with Crippen LogP contribution in [0.15, 0.2) is 23.4 Å². The van der Waals surface area contributed by atoms with Crippen LogP contribution < -0.4 is 5.32 Å². The predicted octanol–water partition coefficient (Wildman–Crippen LogP) is 1.61. The van der Waals surface area contributed by atoms with Crippen molar-refractivity contribution in [1.82, 2.24) is 14.6 Å². The summed E-state index contributed by atoms with van der Waals surface area (Å²) >= 11 is 0. The van der Waals surface area contributed by atoms with E-state index in [0.717, 1.165) is 18.4 Å². The average Bonchev–Trinajstić information content (AvgIpc) is 2.38. The van der Waals surface area contributed by atoms with Crippen molar-refractivity contribution in [3.8, 4) is 0 Å². The number of nitrogens with zero attached hydrogens (tertiary/aromatic N) is 2. The van der Waals surface area contributed by atoms with E-state index in [2.05, 4.69) is 24.1 Å². The van der Waals surface area contributed by atoms with Crippen LogP contribution in [0.25, 0.3) is 0 Å². The lowest BCUT2D eigenvalue weighted by atomic mass is 9.85. The molecule has 0 unspecified atom stereocenters. The Balaban J connectivity index is 2.21. The number of hydrogen-bond acceptors (Lipinski definition) is 4. The third kappa shape index (κ3) is 3.37. The number of nitrogens with one attached hydrogen (secondary N) is 1. The molecule has 0 spiro atoms. The van der Waals surface area contributed by atoms with E-state index in [0.29, 0.717) is 19.6 Å². The van der Waals surface area contributed by atoms with Gasteiger partial charge in [0.1, 0.15) is 0 Å². The van der Waals surface area contributed by atoms with Crippen LogP contribution in [0.1, 0.15) is 32.3 Å². The Morgan fingerprint density at radius 2 is 2.15 bits per heavy atom. The summed E-state index contributed by atoms with van der Waals surface area (Å²) in [5.74, 6) is 0. The minimum absolute atomic E-state index is 0.0391. The van der Waals surface area contributed by atoms with E-state index in [-0.39, 0.29) is 10.4 Å². The Morgan fingerprint density at radius 3 is 2.70 bits per heavy atom. The van der Waals surface area contributed by atoms with Crippen LogP contribution in [0.3, 0.4) is 0 Å². The van der Waals surface area contributed by atoms with Crippen LogP contribution in [0.2, 0.25) is 0 Å². The number of hydrogen-bond donors (Lipinski definition) is 1. The highest BCUT2D eigenvalue weighted by molar-refractivity contribution is 7.89. The van der Waals surface area contributed by atoms with Crippen molar-refractivity contribution >= 4 is 10.0 Å². The molecule has 112 valence electrons. The van der Waals surface area contributed by atoms with E-state index in [1.165, 1.54) is 0 Å². The first kappa shape index (κ1) is 15.4. The van der Waals surface area contributed by atoms with Gasteiger partial charge in [-0.05, 0) is 36.9 Å². The quantitative estimate of drug-likeness (QED) is 0.917. The lowest BCUT2D eigenvalue weighted by Crippen LogP contribution is -2.43. The molecule has 1 aliphatic rings. The lowest BCUT2D eigenvalue weighted by Gasteiger charge is -2.36. The molecule has 1 saturated heterocycles. The molecule has 0 aliphatic carbocycles. The summed E-state index contributed by atoms with van der Waals surface area (Å²) in [5, 5.41) is 3.16. The van der Waals surface area contributed by atoms with Gasteiger partial charge >= 0.3 is 0 Å². The molecule has 6 heteroatoms. The first-order chi connectivity index (χ1) is 9.35. The molecular weight excluding hydrogens is 274 g/mol. The first-order valence-electron chi connectivity index (χ1n) is 6.95. The van der Waals surface area contributed by atoms with Gasteiger partial charge in [-0.25, -0.2) is 13.4 Å². The third-order valence-corrected chi connectivity index (χ3v) is 5.41. The number of aromatic nitrogens is 1. The van der Waals surface area contributed by atoms with Crippen LogP contribution in [0, 0.1) is 5.41 Å². The second-order valence-electron chi connectivity index (χ2n) is 6.14. The molecule has 5 nitrogen and oxygen atoms in total. The lowest BCUT2D eigenvalue weighted by molar-refractivity contribution is 0.186. The van der Waals surface area contributed by atoms with E-state index in [1.807, 2.05) is 13.1 Å². The molecule has 1 fully saturated rings. The molecule has 2 heterocycles. The van der Waals surface area contributed by atoms with Crippen LogP contribution in [-0.2, 0) is 16.6 Å². The summed E-state index contributed by atoms with van der Waals surface area (Å²) in [6.07, 6.45) is 3.59. The molecule has 0 atom stereocenters. The minimum Gasteiger partial charge on any atom is -0.316 e. The van der Waals surface area contributed by atoms with E-state index in [1.54, 1.807) is 16.6 Å². The van der Waals surface area contributed by atoms with E-state index in [9.17, 15) is 8.42 Å². The van der Waals surface area contributed by atoms with E-state index >= 15 is 0 Å². The summed E-state index contributed by atoms with van der Waals surface area (Å²) < 4.78 is 26.7. The number of sulfonamides is 1. The maximum atomic E-state index is 12.6. The Labute approximate surface area is 121 Å². The Bertz CT molecular complexity index is 552. The smallest absolute Gasteiger partial charge is 0.260 e. The van der Waals surface area contributed by atoms with Crippen LogP contribution in [-0.4, -0.2) is 37.8 Å². The topological polar surface area (TPSA) is 62.3 Å². The van der Waals surface area contributed by atoms with Gasteiger partial charge in [-0.2, -0.15) is 4.31 Å². The number of piperidine rings is 1. The fraction of sp³-hybridized carbons (Fsp3) is 0.643. The fourth-order valence-electron chi connectivity index (χ4n) is 2.58. The van der Waals surface area contributed by atoms with Gasteiger partial charge in [0.05, 0.1) is 0 Å². The average molecular weight is 297 g/mol. The second kappa shape index (κ2) is 5.79. The highest BCUT2D eigenvalue weighted by atomic mass is 32.2. The summed E-state index contributed by atoms with van der Waals surface area (Å²) in [6.45, 7) is 6.06. The van der Waals surface area contributed by atoms with Crippen molar-refractivity contribution < 1.29 is 8.42 Å². The molecule has 0 radical (unpaired) electrons. The van der Waals surface area contributed by atoms with Crippen LogP contribution in [0.4, 0.5) is 0 Å². The molecule has 1 aromatic heterocycles. The zero-order valence-corrected chi connectivity index (χ0v) is 13.2. The van der Waals surface area contributed by atoms with Gasteiger partial charge in [0.15, 0.2) is 5.03 Å². The van der Waals surface area contributed by atoms with E-state index < -0.39 is 10.0 Å². The zero-order chi connectivity index (χ0) is 14.8. The zero-order valence-electron chi connectivity index (χ0n) is 12.4. The Kier molecular flexibility index (Phi) is 4.46. The Hall–Kier alpha value is -0.980. The third-order valence-electron chi connectivity index (χ3n) is 3.65. The van der Waals surface area contributed by atoms with Crippen molar-refractivity contribution in [3.05, 3.63) is 23.9 Å². The van der Waals surface area contributed by atoms with Crippen LogP contribution >= 0.6 is 0 Å². The molecule has 2 rings (SSSR count). The molecular formula is C14H23N3O2S. The molecule has 20 heavy (non-hydrogen) atoms. The minimum atomic E-state index is -3.46. The number of rotatable bonds is 4. The molecule has 0 bridgehead atoms. The van der Waals surface area contributed by atoms with Crippen molar-refractivity contribution in [2.24, 2.45) is 5.41 Å². The first-order valence-corrected chi connectivity index (χ1v) is 8.39. The van der Waals surface area contributed by atoms with Gasteiger partial charge in [-0.1, -0.05) is 19.9 Å². The largest absolute Gasteiger partial charge is 0.316 e. The van der Waals surface area contributed by atoms with Gasteiger partial charge in [0, 0.05) is 25.8 Å². The van der Waals surface area contributed by atoms with Gasteiger partial charge in [0.25, 0.3) is 10.0 Å². The van der Waals surface area contributed by atoms with Gasteiger partial charge in [-0.15, -0.1) is 0 Å². The van der Waals surface area contributed by atoms with Gasteiger partial charge in [0.2, 0.25) is 0 Å². The molecule has 0 amide bonds. The molecule has 1 N–H and O–H groups in total. The second-order valence-corrected chi connectivity index (χ2v) is 8.03. The van der Waals surface area contributed by atoms with E-state index in [4.69, 9.17) is 0 Å². The Morgan fingerprint density at radius 1 is 1.40 bits per heavy atom. The molecule has 1 aliphatic heterocycles. The number of pyridine rings is 1. The maximum Gasteiger partial charge on any atom is 0.260 e. The summed E-state index contributed by atoms with van der Waals surface area (Å²) in [6, 6.07) is 3.41. The normalized spacial score (nSPS) is 19.9. The molecule has 1 aromatic rings.